The second-order valence-electron chi connectivity index (χ2n) is 6.33. The van der Waals surface area contributed by atoms with Crippen molar-refractivity contribution in [2.75, 3.05) is 31.3 Å². The number of thioether (sulfide) groups is 1. The predicted octanol–water partition coefficient (Wildman–Crippen LogP) is 1.98. The molecule has 1 aliphatic rings. The molecular weight excluding hydrogens is 336 g/mol. The Balaban J connectivity index is 1.62. The summed E-state index contributed by atoms with van der Waals surface area (Å²) in [6.45, 7) is 3.72. The van der Waals surface area contributed by atoms with Gasteiger partial charge < -0.3 is 9.80 Å². The van der Waals surface area contributed by atoms with Gasteiger partial charge in [-0.25, -0.2) is 9.97 Å². The molecule has 7 nitrogen and oxygen atoms in total. The number of rotatable bonds is 4. The summed E-state index contributed by atoms with van der Waals surface area (Å²) in [6.07, 6.45) is 5.63. The summed E-state index contributed by atoms with van der Waals surface area (Å²) in [5, 5.41) is 5.09. The monoisotopic (exact) mass is 360 g/mol. The minimum absolute atomic E-state index is 0.00569. The molecule has 0 unspecified atom stereocenters. The van der Waals surface area contributed by atoms with Gasteiger partial charge in [0.2, 0.25) is 0 Å². The fraction of sp³-hybridized carbons (Fsp3) is 0.529. The summed E-state index contributed by atoms with van der Waals surface area (Å²) in [6, 6.07) is 4.03. The van der Waals surface area contributed by atoms with Crippen molar-refractivity contribution < 1.29 is 4.79 Å². The van der Waals surface area contributed by atoms with E-state index >= 15 is 0 Å². The van der Waals surface area contributed by atoms with Gasteiger partial charge in [-0.1, -0.05) is 11.8 Å². The number of hydrogen-bond acceptors (Lipinski definition) is 6. The van der Waals surface area contributed by atoms with E-state index in [0.717, 1.165) is 42.6 Å². The number of hydrogen-bond donors (Lipinski definition) is 0. The highest BCUT2D eigenvalue weighted by atomic mass is 32.2. The van der Waals surface area contributed by atoms with Gasteiger partial charge >= 0.3 is 0 Å². The second kappa shape index (κ2) is 7.43. The number of amides is 1. The van der Waals surface area contributed by atoms with E-state index in [1.807, 2.05) is 44.3 Å². The molecule has 0 spiro atoms. The number of aryl methyl sites for hydroxylation is 2. The summed E-state index contributed by atoms with van der Waals surface area (Å²) < 4.78 is 1.74. The zero-order valence-corrected chi connectivity index (χ0v) is 16.0. The van der Waals surface area contributed by atoms with Gasteiger partial charge in [0.1, 0.15) is 5.82 Å². The smallest absolute Gasteiger partial charge is 0.274 e. The molecule has 1 saturated heterocycles. The minimum atomic E-state index is -0.00569. The van der Waals surface area contributed by atoms with E-state index in [1.165, 1.54) is 0 Å². The maximum atomic E-state index is 12.7. The van der Waals surface area contributed by atoms with E-state index in [-0.39, 0.29) is 11.9 Å². The molecule has 2 aromatic rings. The number of carbonyl (C=O) groups excluding carboxylic acids is 1. The number of nitrogens with zero attached hydrogens (tertiary/aromatic N) is 6. The first kappa shape index (κ1) is 17.7. The van der Waals surface area contributed by atoms with Gasteiger partial charge in [0.15, 0.2) is 10.9 Å². The van der Waals surface area contributed by atoms with Crippen molar-refractivity contribution in [3.63, 3.8) is 0 Å². The molecule has 3 heterocycles. The zero-order chi connectivity index (χ0) is 18.0. The summed E-state index contributed by atoms with van der Waals surface area (Å²) in [7, 11) is 3.73. The Bertz CT molecular complexity index is 734. The van der Waals surface area contributed by atoms with Gasteiger partial charge in [0.25, 0.3) is 5.91 Å². The van der Waals surface area contributed by atoms with Crippen LogP contribution in [0.1, 0.15) is 29.0 Å². The molecule has 3 rings (SSSR count). The largest absolute Gasteiger partial charge is 0.356 e. The highest BCUT2D eigenvalue weighted by Gasteiger charge is 2.27. The minimum Gasteiger partial charge on any atom is -0.356 e. The molecule has 1 aliphatic heterocycles. The van der Waals surface area contributed by atoms with Gasteiger partial charge in [0.05, 0.1) is 0 Å². The number of anilines is 1. The molecule has 2 aromatic heterocycles. The average Bonchev–Trinajstić information content (AvgIpc) is 2.99. The van der Waals surface area contributed by atoms with E-state index in [9.17, 15) is 4.79 Å². The van der Waals surface area contributed by atoms with E-state index in [2.05, 4.69) is 20.0 Å². The van der Waals surface area contributed by atoms with E-state index in [4.69, 9.17) is 0 Å². The van der Waals surface area contributed by atoms with Crippen LogP contribution >= 0.6 is 11.8 Å². The van der Waals surface area contributed by atoms with Crippen LogP contribution in [-0.2, 0) is 7.05 Å². The van der Waals surface area contributed by atoms with Gasteiger partial charge in [-0.15, -0.1) is 0 Å². The normalized spacial score (nSPS) is 15.4. The van der Waals surface area contributed by atoms with E-state index < -0.39 is 0 Å². The first-order chi connectivity index (χ1) is 12.0. The Morgan fingerprint density at radius 3 is 2.68 bits per heavy atom. The van der Waals surface area contributed by atoms with E-state index in [0.29, 0.717) is 5.69 Å². The van der Waals surface area contributed by atoms with Crippen molar-refractivity contribution in [1.82, 2.24) is 24.6 Å². The molecule has 0 aromatic carbocycles. The molecule has 1 fully saturated rings. The molecule has 1 amide bonds. The SMILES string of the molecule is CSc1nccc(N2CCC(N(C)C(=O)c3cc(C)n(C)n3)CC2)n1. The molecule has 0 N–H and O–H groups in total. The van der Waals surface area contributed by atoms with E-state index in [1.54, 1.807) is 22.6 Å². The molecular formula is C17H24N6OS. The van der Waals surface area contributed by atoms with Crippen LogP contribution in [0.15, 0.2) is 23.5 Å². The lowest BCUT2D eigenvalue weighted by molar-refractivity contribution is 0.0702. The van der Waals surface area contributed by atoms with Gasteiger partial charge in [-0.05, 0) is 38.2 Å². The van der Waals surface area contributed by atoms with Crippen molar-refractivity contribution in [2.24, 2.45) is 7.05 Å². The standard InChI is InChI=1S/C17H24N6OS/c1-12-11-14(20-22(12)3)16(24)21(2)13-6-9-23(10-7-13)15-5-8-18-17(19-15)25-4/h5,8,11,13H,6-7,9-10H2,1-4H3. The Morgan fingerprint density at radius 2 is 2.08 bits per heavy atom. The van der Waals surface area contributed by atoms with Crippen LogP contribution < -0.4 is 4.90 Å². The number of piperidine rings is 1. The molecule has 0 radical (unpaired) electrons. The third kappa shape index (κ3) is 3.78. The van der Waals surface area contributed by atoms with Crippen molar-refractivity contribution >= 4 is 23.5 Å². The van der Waals surface area contributed by atoms with Gasteiger partial charge in [-0.2, -0.15) is 5.10 Å². The Kier molecular flexibility index (Phi) is 5.27. The highest BCUT2D eigenvalue weighted by molar-refractivity contribution is 7.98. The van der Waals surface area contributed by atoms with Crippen molar-refractivity contribution in [1.29, 1.82) is 0 Å². The van der Waals surface area contributed by atoms with Crippen LogP contribution in [0.2, 0.25) is 0 Å². The Labute approximate surface area is 152 Å². The average molecular weight is 360 g/mol. The second-order valence-corrected chi connectivity index (χ2v) is 7.10. The van der Waals surface area contributed by atoms with Crippen LogP contribution in [0, 0.1) is 6.92 Å². The summed E-state index contributed by atoms with van der Waals surface area (Å²) >= 11 is 1.55. The first-order valence-electron chi connectivity index (χ1n) is 8.39. The predicted molar refractivity (Wildman–Crippen MR) is 99.1 cm³/mol. The molecule has 25 heavy (non-hydrogen) atoms. The maximum Gasteiger partial charge on any atom is 0.274 e. The van der Waals surface area contributed by atoms with Crippen LogP contribution in [0.3, 0.4) is 0 Å². The fourth-order valence-corrected chi connectivity index (χ4v) is 3.45. The Morgan fingerprint density at radius 1 is 1.36 bits per heavy atom. The highest BCUT2D eigenvalue weighted by Crippen LogP contribution is 2.22. The fourth-order valence-electron chi connectivity index (χ4n) is 3.10. The lowest BCUT2D eigenvalue weighted by atomic mass is 10.0. The van der Waals surface area contributed by atoms with Crippen LogP contribution in [0.5, 0.6) is 0 Å². The molecule has 0 atom stereocenters. The zero-order valence-electron chi connectivity index (χ0n) is 15.1. The number of aromatic nitrogens is 4. The van der Waals surface area contributed by atoms with Crippen molar-refractivity contribution in [2.45, 2.75) is 31.0 Å². The topological polar surface area (TPSA) is 67.2 Å². The van der Waals surface area contributed by atoms with Crippen molar-refractivity contribution in [3.05, 3.63) is 29.7 Å². The Hall–Kier alpha value is -2.09. The lowest BCUT2D eigenvalue weighted by Gasteiger charge is -2.37. The molecule has 0 aliphatic carbocycles. The van der Waals surface area contributed by atoms with Crippen LogP contribution in [-0.4, -0.2) is 63.0 Å². The first-order valence-corrected chi connectivity index (χ1v) is 9.62. The molecule has 8 heteroatoms. The third-order valence-corrected chi connectivity index (χ3v) is 5.35. The summed E-state index contributed by atoms with van der Waals surface area (Å²) in [5.74, 6) is 0.959. The quantitative estimate of drug-likeness (QED) is 0.613. The molecule has 0 bridgehead atoms. The van der Waals surface area contributed by atoms with Gasteiger partial charge in [-0.3, -0.25) is 9.48 Å². The molecule has 0 saturated carbocycles. The van der Waals surface area contributed by atoms with Crippen LogP contribution in [0.25, 0.3) is 0 Å². The van der Waals surface area contributed by atoms with Crippen LogP contribution in [0.4, 0.5) is 5.82 Å². The van der Waals surface area contributed by atoms with Gasteiger partial charge in [0, 0.05) is 45.1 Å². The maximum absolute atomic E-state index is 12.7. The van der Waals surface area contributed by atoms with Crippen molar-refractivity contribution in [3.8, 4) is 0 Å². The molecule has 134 valence electrons. The number of carbonyl (C=O) groups is 1. The third-order valence-electron chi connectivity index (χ3n) is 4.79. The summed E-state index contributed by atoms with van der Waals surface area (Å²) in [4.78, 5) is 25.6. The lowest BCUT2D eigenvalue weighted by Crippen LogP contribution is -2.46. The summed E-state index contributed by atoms with van der Waals surface area (Å²) in [5.41, 5.74) is 1.50.